The fraction of sp³-hybridized carbons (Fsp3) is 0.900. The molecule has 0 saturated heterocycles. The van der Waals surface area contributed by atoms with E-state index in [4.69, 9.17) is 4.74 Å². The van der Waals surface area contributed by atoms with Crippen molar-refractivity contribution in [2.75, 3.05) is 6.61 Å². The number of hydrogen-bond acceptors (Lipinski definition) is 2. The Balaban J connectivity index is 3.20. The summed E-state index contributed by atoms with van der Waals surface area (Å²) in [6.07, 6.45) is 32.4. The molecule has 0 radical (unpaired) electrons. The van der Waals surface area contributed by atoms with Crippen LogP contribution in [0.5, 0.6) is 0 Å². The molecule has 190 valence electrons. The Hall–Kier alpha value is -0.790. The van der Waals surface area contributed by atoms with Crippen molar-refractivity contribution < 1.29 is 9.53 Å². The van der Waals surface area contributed by atoms with Gasteiger partial charge in [-0.25, -0.2) is 0 Å². The number of unbranched alkanes of at least 4 members (excludes halogenated alkanes) is 17. The first-order valence-corrected chi connectivity index (χ1v) is 14.5. The van der Waals surface area contributed by atoms with E-state index >= 15 is 0 Å². The highest BCUT2D eigenvalue weighted by atomic mass is 16.5. The van der Waals surface area contributed by atoms with Crippen LogP contribution in [0.15, 0.2) is 12.2 Å². The fourth-order valence-electron chi connectivity index (χ4n) is 4.14. The van der Waals surface area contributed by atoms with Gasteiger partial charge in [0.05, 0.1) is 6.61 Å². The second kappa shape index (κ2) is 26.5. The summed E-state index contributed by atoms with van der Waals surface area (Å²) >= 11 is 0. The number of esters is 1. The molecule has 0 aromatic heterocycles. The molecular formula is C30H58O2. The van der Waals surface area contributed by atoms with Crippen LogP contribution in [0.3, 0.4) is 0 Å². The van der Waals surface area contributed by atoms with Crippen LogP contribution < -0.4 is 0 Å². The zero-order chi connectivity index (χ0) is 23.5. The average molecular weight is 451 g/mol. The summed E-state index contributed by atoms with van der Waals surface area (Å²) in [6, 6.07) is 0. The number of ether oxygens (including phenoxy) is 1. The van der Waals surface area contributed by atoms with Crippen LogP contribution in [-0.4, -0.2) is 12.6 Å². The van der Waals surface area contributed by atoms with Gasteiger partial charge in [-0.05, 0) is 44.4 Å². The van der Waals surface area contributed by atoms with Crippen LogP contribution in [-0.2, 0) is 9.53 Å². The second-order valence-electron chi connectivity index (χ2n) is 10.2. The van der Waals surface area contributed by atoms with Crippen molar-refractivity contribution in [1.82, 2.24) is 0 Å². The van der Waals surface area contributed by atoms with Gasteiger partial charge in [0.1, 0.15) is 0 Å². The van der Waals surface area contributed by atoms with E-state index in [-0.39, 0.29) is 5.97 Å². The topological polar surface area (TPSA) is 26.3 Å². The van der Waals surface area contributed by atoms with Crippen LogP contribution in [0, 0.1) is 5.92 Å². The minimum Gasteiger partial charge on any atom is -0.466 e. The van der Waals surface area contributed by atoms with Crippen LogP contribution in [0.2, 0.25) is 0 Å². The molecule has 0 spiro atoms. The van der Waals surface area contributed by atoms with Gasteiger partial charge in [-0.3, -0.25) is 4.79 Å². The van der Waals surface area contributed by atoms with Gasteiger partial charge in [-0.1, -0.05) is 129 Å². The Kier molecular flexibility index (Phi) is 25.8. The number of carbonyl (C=O) groups is 1. The maximum Gasteiger partial charge on any atom is 0.305 e. The largest absolute Gasteiger partial charge is 0.466 e. The fourth-order valence-corrected chi connectivity index (χ4v) is 4.14. The van der Waals surface area contributed by atoms with Gasteiger partial charge < -0.3 is 4.74 Å². The zero-order valence-electron chi connectivity index (χ0n) is 22.3. The van der Waals surface area contributed by atoms with E-state index in [1.807, 2.05) is 0 Å². The smallest absolute Gasteiger partial charge is 0.305 e. The normalized spacial score (nSPS) is 11.6. The summed E-state index contributed by atoms with van der Waals surface area (Å²) in [6.45, 7) is 7.52. The average Bonchev–Trinajstić information content (AvgIpc) is 2.77. The summed E-state index contributed by atoms with van der Waals surface area (Å²) in [4.78, 5) is 11.8. The lowest BCUT2D eigenvalue weighted by Crippen LogP contribution is -2.05. The lowest BCUT2D eigenvalue weighted by atomic mass is 10.0. The second-order valence-corrected chi connectivity index (χ2v) is 10.2. The van der Waals surface area contributed by atoms with Gasteiger partial charge in [0.25, 0.3) is 0 Å². The quantitative estimate of drug-likeness (QED) is 0.0785. The monoisotopic (exact) mass is 450 g/mol. The van der Waals surface area contributed by atoms with E-state index in [2.05, 4.69) is 32.9 Å². The van der Waals surface area contributed by atoms with Gasteiger partial charge in [0, 0.05) is 6.42 Å². The number of allylic oxidation sites excluding steroid dienone is 2. The third kappa shape index (κ3) is 27.2. The molecule has 0 heterocycles. The molecule has 0 aromatic carbocycles. The maximum absolute atomic E-state index is 11.8. The highest BCUT2D eigenvalue weighted by molar-refractivity contribution is 5.69. The minimum absolute atomic E-state index is 0.0115. The first kappa shape index (κ1) is 31.2. The molecular weight excluding hydrogens is 392 g/mol. The van der Waals surface area contributed by atoms with E-state index in [0.29, 0.717) is 13.0 Å². The molecule has 32 heavy (non-hydrogen) atoms. The van der Waals surface area contributed by atoms with E-state index < -0.39 is 0 Å². The van der Waals surface area contributed by atoms with Gasteiger partial charge in [-0.2, -0.15) is 0 Å². The van der Waals surface area contributed by atoms with E-state index in [9.17, 15) is 4.79 Å². The molecule has 0 aliphatic carbocycles. The van der Waals surface area contributed by atoms with Crippen LogP contribution in [0.25, 0.3) is 0 Å². The van der Waals surface area contributed by atoms with Crippen molar-refractivity contribution in [3.8, 4) is 0 Å². The third-order valence-corrected chi connectivity index (χ3v) is 6.33. The van der Waals surface area contributed by atoms with Crippen molar-refractivity contribution in [2.24, 2.45) is 5.92 Å². The number of rotatable bonds is 25. The summed E-state index contributed by atoms with van der Waals surface area (Å²) in [5, 5.41) is 0. The van der Waals surface area contributed by atoms with Crippen LogP contribution in [0.4, 0.5) is 0 Å². The van der Waals surface area contributed by atoms with Crippen LogP contribution in [0.1, 0.15) is 162 Å². The lowest BCUT2D eigenvalue weighted by molar-refractivity contribution is -0.143. The van der Waals surface area contributed by atoms with Crippen molar-refractivity contribution in [3.63, 3.8) is 0 Å². The highest BCUT2D eigenvalue weighted by Gasteiger charge is 2.02. The predicted molar refractivity (Wildman–Crippen MR) is 142 cm³/mol. The zero-order valence-corrected chi connectivity index (χ0v) is 22.3. The Morgan fingerprint density at radius 1 is 0.625 bits per heavy atom. The van der Waals surface area contributed by atoms with Crippen molar-refractivity contribution in [2.45, 2.75) is 162 Å². The first-order valence-electron chi connectivity index (χ1n) is 14.5. The Morgan fingerprint density at radius 2 is 1.09 bits per heavy atom. The highest BCUT2D eigenvalue weighted by Crippen LogP contribution is 2.13. The van der Waals surface area contributed by atoms with Gasteiger partial charge in [0.15, 0.2) is 0 Å². The Bertz CT molecular complexity index is 400. The summed E-state index contributed by atoms with van der Waals surface area (Å²) < 4.78 is 5.39. The molecule has 2 nitrogen and oxygen atoms in total. The maximum atomic E-state index is 11.8. The van der Waals surface area contributed by atoms with Gasteiger partial charge in [-0.15, -0.1) is 0 Å². The van der Waals surface area contributed by atoms with Gasteiger partial charge in [0.2, 0.25) is 0 Å². The molecule has 0 N–H and O–H groups in total. The van der Waals surface area contributed by atoms with Crippen LogP contribution >= 0.6 is 0 Å². The molecule has 0 fully saturated rings. The lowest BCUT2D eigenvalue weighted by Gasteiger charge is -2.06. The molecule has 0 rings (SSSR count). The minimum atomic E-state index is 0.0115. The first-order chi connectivity index (χ1) is 15.7. The molecule has 2 heteroatoms. The number of hydrogen-bond donors (Lipinski definition) is 0. The molecule has 0 aliphatic heterocycles. The van der Waals surface area contributed by atoms with E-state index in [1.165, 1.54) is 116 Å². The van der Waals surface area contributed by atoms with Crippen molar-refractivity contribution >= 4 is 5.97 Å². The van der Waals surface area contributed by atoms with Gasteiger partial charge >= 0.3 is 5.97 Å². The molecule has 0 amide bonds. The standard InChI is InChI=1S/C30H58O2/c1-4-5-6-7-8-9-10-11-12-15-18-21-24-27-30(31)32-28-25-22-19-16-13-14-17-20-23-26-29(2)3/h9-10,29H,4-8,11-28H2,1-3H3/b10-9-. The Labute approximate surface area is 202 Å². The number of carbonyl (C=O) groups excluding carboxylic acids is 1. The van der Waals surface area contributed by atoms with E-state index in [0.717, 1.165) is 25.2 Å². The Morgan fingerprint density at radius 3 is 1.66 bits per heavy atom. The molecule has 0 unspecified atom stereocenters. The molecule has 0 bridgehead atoms. The molecule has 0 aliphatic rings. The predicted octanol–water partition coefficient (Wildman–Crippen LogP) is 10.3. The molecule has 0 aromatic rings. The SMILES string of the molecule is CCCCCC/C=C\CCCCCCCC(=O)OCCCCCCCCCCCC(C)C. The van der Waals surface area contributed by atoms with E-state index in [1.54, 1.807) is 0 Å². The summed E-state index contributed by atoms with van der Waals surface area (Å²) in [5.74, 6) is 0.869. The van der Waals surface area contributed by atoms with Crippen molar-refractivity contribution in [3.05, 3.63) is 12.2 Å². The molecule has 0 atom stereocenters. The van der Waals surface area contributed by atoms with Crippen molar-refractivity contribution in [1.29, 1.82) is 0 Å². The third-order valence-electron chi connectivity index (χ3n) is 6.33. The summed E-state index contributed by atoms with van der Waals surface area (Å²) in [5.41, 5.74) is 0. The summed E-state index contributed by atoms with van der Waals surface area (Å²) in [7, 11) is 0. The molecule has 0 saturated carbocycles.